The first-order chi connectivity index (χ1) is 10.0. The molecule has 0 spiro atoms. The van der Waals surface area contributed by atoms with E-state index in [0.717, 1.165) is 43.8 Å². The summed E-state index contributed by atoms with van der Waals surface area (Å²) in [5.74, 6) is -1.26. The van der Waals surface area contributed by atoms with Gasteiger partial charge in [0.05, 0.1) is 11.8 Å². The molecule has 2 fully saturated rings. The molecule has 5 heteroatoms. The summed E-state index contributed by atoms with van der Waals surface area (Å²) in [5.41, 5.74) is 0. The van der Waals surface area contributed by atoms with E-state index in [1.54, 1.807) is 0 Å². The maximum atomic E-state index is 12.5. The first-order valence-corrected chi connectivity index (χ1v) is 9.39. The summed E-state index contributed by atoms with van der Waals surface area (Å²) in [6, 6.07) is 0.246. The fourth-order valence-electron chi connectivity index (χ4n) is 3.79. The molecule has 0 radical (unpaired) electrons. The Hall–Kier alpha value is -0.710. The van der Waals surface area contributed by atoms with Crippen LogP contribution in [0.5, 0.6) is 0 Å². The van der Waals surface area contributed by atoms with Gasteiger partial charge in [0.25, 0.3) is 0 Å². The predicted octanol–water partition coefficient (Wildman–Crippen LogP) is 2.91. The molecule has 2 aliphatic carbocycles. The smallest absolute Gasteiger partial charge is 0.307 e. The highest BCUT2D eigenvalue weighted by Gasteiger charge is 2.42. The van der Waals surface area contributed by atoms with Gasteiger partial charge in [-0.05, 0) is 50.7 Å². The van der Waals surface area contributed by atoms with Gasteiger partial charge < -0.3 is 10.4 Å². The highest BCUT2D eigenvalue weighted by atomic mass is 32.2. The number of nitrogens with one attached hydrogen (secondary N) is 1. The minimum atomic E-state index is -0.808. The second kappa shape index (κ2) is 7.52. The Labute approximate surface area is 131 Å². The Morgan fingerprint density at radius 1 is 1.14 bits per heavy atom. The SMILES string of the molecule is CCC1C[C@H](C(=O)NC2CCC(SC)CC2)[C@H](C(=O)O)C1. The van der Waals surface area contributed by atoms with E-state index in [2.05, 4.69) is 18.5 Å². The quantitative estimate of drug-likeness (QED) is 0.819. The minimum Gasteiger partial charge on any atom is -0.481 e. The zero-order chi connectivity index (χ0) is 15.4. The Bertz CT molecular complexity index is 380. The molecule has 0 heterocycles. The van der Waals surface area contributed by atoms with E-state index in [0.29, 0.717) is 12.3 Å². The molecule has 21 heavy (non-hydrogen) atoms. The van der Waals surface area contributed by atoms with Gasteiger partial charge in [0.1, 0.15) is 0 Å². The maximum absolute atomic E-state index is 12.5. The lowest BCUT2D eigenvalue weighted by Crippen LogP contribution is -2.43. The van der Waals surface area contributed by atoms with Crippen LogP contribution in [0.3, 0.4) is 0 Å². The van der Waals surface area contributed by atoms with Crippen molar-refractivity contribution in [1.29, 1.82) is 0 Å². The van der Waals surface area contributed by atoms with Gasteiger partial charge in [-0.1, -0.05) is 13.3 Å². The number of carboxylic acid groups (broad SMARTS) is 1. The molecule has 2 saturated carbocycles. The standard InChI is InChI=1S/C16H27NO3S/c1-3-10-8-13(14(9-10)16(19)20)15(18)17-11-4-6-12(21-2)7-5-11/h10-14H,3-9H2,1-2H3,(H,17,18)(H,19,20)/t10?,11?,12?,13-,14+/m0/s1. The van der Waals surface area contributed by atoms with Crippen molar-refractivity contribution in [3.63, 3.8) is 0 Å². The molecule has 2 aliphatic rings. The van der Waals surface area contributed by atoms with Crippen LogP contribution >= 0.6 is 11.8 Å². The molecule has 0 aromatic heterocycles. The van der Waals surface area contributed by atoms with Crippen molar-refractivity contribution in [2.75, 3.05) is 6.26 Å². The van der Waals surface area contributed by atoms with Crippen LogP contribution in [-0.2, 0) is 9.59 Å². The number of aliphatic carboxylic acids is 1. The highest BCUT2D eigenvalue weighted by molar-refractivity contribution is 7.99. The molecular weight excluding hydrogens is 286 g/mol. The van der Waals surface area contributed by atoms with Gasteiger partial charge in [0.2, 0.25) is 5.91 Å². The number of amides is 1. The lowest BCUT2D eigenvalue weighted by atomic mass is 9.92. The fourth-order valence-corrected chi connectivity index (χ4v) is 4.53. The Balaban J connectivity index is 1.88. The van der Waals surface area contributed by atoms with Gasteiger partial charge in [-0.3, -0.25) is 9.59 Å². The van der Waals surface area contributed by atoms with E-state index in [-0.39, 0.29) is 17.9 Å². The molecule has 0 aliphatic heterocycles. The summed E-state index contributed by atoms with van der Waals surface area (Å²) < 4.78 is 0. The van der Waals surface area contributed by atoms with Crippen molar-refractivity contribution in [3.8, 4) is 0 Å². The monoisotopic (exact) mass is 313 g/mol. The van der Waals surface area contributed by atoms with E-state index in [9.17, 15) is 14.7 Å². The fraction of sp³-hybridized carbons (Fsp3) is 0.875. The van der Waals surface area contributed by atoms with Crippen LogP contribution in [0.1, 0.15) is 51.9 Å². The molecule has 0 aromatic rings. The Kier molecular flexibility index (Phi) is 5.97. The normalized spacial score (nSPS) is 36.4. The van der Waals surface area contributed by atoms with Crippen molar-refractivity contribution in [2.24, 2.45) is 17.8 Å². The average molecular weight is 313 g/mol. The Morgan fingerprint density at radius 2 is 1.76 bits per heavy atom. The topological polar surface area (TPSA) is 66.4 Å². The van der Waals surface area contributed by atoms with E-state index >= 15 is 0 Å². The summed E-state index contributed by atoms with van der Waals surface area (Å²) in [7, 11) is 0. The molecule has 0 saturated heterocycles. The lowest BCUT2D eigenvalue weighted by molar-refractivity contribution is -0.146. The van der Waals surface area contributed by atoms with Crippen molar-refractivity contribution in [2.45, 2.75) is 63.2 Å². The van der Waals surface area contributed by atoms with Crippen molar-refractivity contribution < 1.29 is 14.7 Å². The van der Waals surface area contributed by atoms with E-state index in [1.165, 1.54) is 0 Å². The predicted molar refractivity (Wildman–Crippen MR) is 85.3 cm³/mol. The highest BCUT2D eigenvalue weighted by Crippen LogP contribution is 2.39. The first-order valence-electron chi connectivity index (χ1n) is 8.11. The number of thioether (sulfide) groups is 1. The van der Waals surface area contributed by atoms with Crippen molar-refractivity contribution in [3.05, 3.63) is 0 Å². The number of carbonyl (C=O) groups is 2. The third kappa shape index (κ3) is 4.15. The van der Waals surface area contributed by atoms with Crippen LogP contribution < -0.4 is 5.32 Å². The zero-order valence-electron chi connectivity index (χ0n) is 13.0. The van der Waals surface area contributed by atoms with Gasteiger partial charge in [-0.2, -0.15) is 11.8 Å². The molecule has 1 unspecified atom stereocenters. The lowest BCUT2D eigenvalue weighted by Gasteiger charge is -2.29. The molecule has 4 nitrogen and oxygen atoms in total. The number of carboxylic acids is 1. The number of rotatable bonds is 5. The third-order valence-electron chi connectivity index (χ3n) is 5.25. The second-order valence-electron chi connectivity index (χ2n) is 6.51. The van der Waals surface area contributed by atoms with Crippen LogP contribution in [0.15, 0.2) is 0 Å². The average Bonchev–Trinajstić information content (AvgIpc) is 2.92. The molecule has 2 rings (SSSR count). The summed E-state index contributed by atoms with van der Waals surface area (Å²) in [5, 5.41) is 13.2. The number of hydrogen-bond acceptors (Lipinski definition) is 3. The third-order valence-corrected chi connectivity index (χ3v) is 6.38. The number of carbonyl (C=O) groups excluding carboxylic acids is 1. The summed E-state index contributed by atoms with van der Waals surface area (Å²) >= 11 is 1.91. The summed E-state index contributed by atoms with van der Waals surface area (Å²) in [6.45, 7) is 2.08. The molecule has 3 atom stereocenters. The summed E-state index contributed by atoms with van der Waals surface area (Å²) in [6.07, 6.45) is 8.85. The van der Waals surface area contributed by atoms with Crippen LogP contribution in [0.4, 0.5) is 0 Å². The van der Waals surface area contributed by atoms with Crippen molar-refractivity contribution >= 4 is 23.6 Å². The van der Waals surface area contributed by atoms with Crippen LogP contribution in [-0.4, -0.2) is 34.5 Å². The van der Waals surface area contributed by atoms with Crippen LogP contribution in [0, 0.1) is 17.8 Å². The van der Waals surface area contributed by atoms with Gasteiger partial charge in [-0.25, -0.2) is 0 Å². The zero-order valence-corrected chi connectivity index (χ0v) is 13.8. The van der Waals surface area contributed by atoms with Gasteiger partial charge in [0, 0.05) is 11.3 Å². The first kappa shape index (κ1) is 16.7. The molecule has 2 N–H and O–H groups in total. The van der Waals surface area contributed by atoms with E-state index < -0.39 is 11.9 Å². The largest absolute Gasteiger partial charge is 0.481 e. The van der Waals surface area contributed by atoms with Gasteiger partial charge in [0.15, 0.2) is 0 Å². The molecular formula is C16H27NO3S. The van der Waals surface area contributed by atoms with E-state index in [1.807, 2.05) is 11.8 Å². The van der Waals surface area contributed by atoms with Crippen LogP contribution in [0.25, 0.3) is 0 Å². The van der Waals surface area contributed by atoms with Crippen molar-refractivity contribution in [1.82, 2.24) is 5.32 Å². The molecule has 0 bridgehead atoms. The molecule has 0 aromatic carbocycles. The Morgan fingerprint density at radius 3 is 2.29 bits per heavy atom. The van der Waals surface area contributed by atoms with E-state index in [4.69, 9.17) is 0 Å². The van der Waals surface area contributed by atoms with Crippen LogP contribution in [0.2, 0.25) is 0 Å². The molecule has 120 valence electrons. The maximum Gasteiger partial charge on any atom is 0.307 e. The molecule has 1 amide bonds. The summed E-state index contributed by atoms with van der Waals surface area (Å²) in [4.78, 5) is 23.8. The minimum absolute atomic E-state index is 0.0223. The second-order valence-corrected chi connectivity index (χ2v) is 7.65. The van der Waals surface area contributed by atoms with Gasteiger partial charge >= 0.3 is 5.97 Å². The number of hydrogen-bond donors (Lipinski definition) is 2. The van der Waals surface area contributed by atoms with Gasteiger partial charge in [-0.15, -0.1) is 0 Å².